The summed E-state index contributed by atoms with van der Waals surface area (Å²) in [6.45, 7) is 1.68. The van der Waals surface area contributed by atoms with E-state index in [1.165, 1.54) is 16.2 Å². The van der Waals surface area contributed by atoms with Crippen LogP contribution in [0.15, 0.2) is 53.5 Å². The molecule has 0 N–H and O–H groups in total. The van der Waals surface area contributed by atoms with E-state index in [9.17, 15) is 9.59 Å². The minimum Gasteiger partial charge on any atom is -0.366 e. The van der Waals surface area contributed by atoms with Crippen molar-refractivity contribution in [1.29, 1.82) is 0 Å². The summed E-state index contributed by atoms with van der Waals surface area (Å²) in [6.07, 6.45) is 2.13. The third-order valence-electron chi connectivity index (χ3n) is 4.26. The van der Waals surface area contributed by atoms with Crippen molar-refractivity contribution in [3.05, 3.63) is 58.4 Å². The van der Waals surface area contributed by atoms with E-state index in [1.807, 2.05) is 35.7 Å². The van der Waals surface area contributed by atoms with Gasteiger partial charge in [-0.15, -0.1) is 11.3 Å². The van der Waals surface area contributed by atoms with Crippen molar-refractivity contribution in [2.24, 2.45) is 0 Å². The predicted octanol–water partition coefficient (Wildman–Crippen LogP) is 3.13. The van der Waals surface area contributed by atoms with E-state index in [2.05, 4.69) is 4.90 Å². The second-order valence-corrected chi connectivity index (χ2v) is 6.62. The molecule has 1 saturated heterocycles. The van der Waals surface area contributed by atoms with Crippen LogP contribution in [-0.2, 0) is 9.59 Å². The second kappa shape index (κ2) is 5.66. The maximum atomic E-state index is 13.0. The first-order valence-corrected chi connectivity index (χ1v) is 8.62. The number of para-hydroxylation sites is 1. The van der Waals surface area contributed by atoms with Crippen LogP contribution >= 0.6 is 11.3 Å². The minimum atomic E-state index is -0.217. The van der Waals surface area contributed by atoms with E-state index in [0.717, 1.165) is 30.8 Å². The van der Waals surface area contributed by atoms with Crippen molar-refractivity contribution in [3.8, 4) is 0 Å². The Hall–Kier alpha value is -2.40. The molecule has 0 bridgehead atoms. The zero-order valence-corrected chi connectivity index (χ0v) is 13.4. The van der Waals surface area contributed by atoms with Crippen molar-refractivity contribution < 1.29 is 9.59 Å². The lowest BCUT2D eigenvalue weighted by Gasteiger charge is -2.20. The van der Waals surface area contributed by atoms with Crippen LogP contribution in [0.25, 0.3) is 5.57 Å². The number of carbonyl (C=O) groups excluding carboxylic acids is 2. The maximum Gasteiger partial charge on any atom is 0.282 e. The van der Waals surface area contributed by atoms with Crippen LogP contribution in [-0.4, -0.2) is 29.8 Å². The van der Waals surface area contributed by atoms with Gasteiger partial charge in [-0.1, -0.05) is 24.3 Å². The molecule has 116 valence electrons. The van der Waals surface area contributed by atoms with Gasteiger partial charge in [-0.25, -0.2) is 4.90 Å². The lowest BCUT2D eigenvalue weighted by molar-refractivity contribution is -0.120. The molecule has 4 nitrogen and oxygen atoms in total. The highest BCUT2D eigenvalue weighted by atomic mass is 32.1. The maximum absolute atomic E-state index is 13.0. The van der Waals surface area contributed by atoms with Gasteiger partial charge in [0.15, 0.2) is 0 Å². The van der Waals surface area contributed by atoms with Crippen molar-refractivity contribution in [3.63, 3.8) is 0 Å². The normalized spacial score (nSPS) is 18.4. The molecule has 1 aromatic carbocycles. The Morgan fingerprint density at radius 3 is 2.26 bits per heavy atom. The Balaban J connectivity index is 1.83. The van der Waals surface area contributed by atoms with E-state index < -0.39 is 0 Å². The largest absolute Gasteiger partial charge is 0.366 e. The summed E-state index contributed by atoms with van der Waals surface area (Å²) >= 11 is 1.50. The summed E-state index contributed by atoms with van der Waals surface area (Å²) in [5, 5.41) is 1.94. The number of hydrogen-bond acceptors (Lipinski definition) is 4. The van der Waals surface area contributed by atoms with Gasteiger partial charge in [-0.3, -0.25) is 9.59 Å². The zero-order chi connectivity index (χ0) is 15.8. The van der Waals surface area contributed by atoms with Crippen LogP contribution in [0.4, 0.5) is 5.69 Å². The molecule has 23 heavy (non-hydrogen) atoms. The van der Waals surface area contributed by atoms with Gasteiger partial charge in [-0.05, 0) is 36.4 Å². The topological polar surface area (TPSA) is 40.6 Å². The van der Waals surface area contributed by atoms with Gasteiger partial charge in [0.05, 0.1) is 11.3 Å². The third kappa shape index (κ3) is 2.28. The molecular weight excluding hydrogens is 308 g/mol. The van der Waals surface area contributed by atoms with Crippen LogP contribution in [0.1, 0.15) is 17.7 Å². The molecule has 0 saturated carbocycles. The number of amides is 2. The summed E-state index contributed by atoms with van der Waals surface area (Å²) < 4.78 is 0. The fourth-order valence-corrected chi connectivity index (χ4v) is 3.97. The molecule has 0 atom stereocenters. The molecular formula is C18H16N2O2S. The highest BCUT2D eigenvalue weighted by molar-refractivity contribution is 7.11. The molecule has 2 amide bonds. The van der Waals surface area contributed by atoms with Crippen LogP contribution in [0.3, 0.4) is 0 Å². The molecule has 1 aromatic heterocycles. The smallest absolute Gasteiger partial charge is 0.282 e. The van der Waals surface area contributed by atoms with E-state index >= 15 is 0 Å². The molecule has 0 radical (unpaired) electrons. The fourth-order valence-electron chi connectivity index (χ4n) is 3.21. The molecule has 2 aromatic rings. The Kier molecular flexibility index (Phi) is 3.50. The summed E-state index contributed by atoms with van der Waals surface area (Å²) in [6, 6.07) is 13.0. The summed E-state index contributed by atoms with van der Waals surface area (Å²) in [5.41, 5.74) is 1.75. The predicted molar refractivity (Wildman–Crippen MR) is 91.0 cm³/mol. The van der Waals surface area contributed by atoms with Gasteiger partial charge in [-0.2, -0.15) is 0 Å². The van der Waals surface area contributed by atoms with Gasteiger partial charge < -0.3 is 4.90 Å². The fraction of sp³-hybridized carbons (Fsp3) is 0.222. The first-order valence-electron chi connectivity index (χ1n) is 7.74. The molecule has 2 aliphatic heterocycles. The number of nitrogens with zero attached hydrogens (tertiary/aromatic N) is 2. The number of rotatable bonds is 3. The van der Waals surface area contributed by atoms with E-state index in [-0.39, 0.29) is 11.8 Å². The number of imide groups is 1. The number of thiophene rings is 1. The molecule has 3 heterocycles. The van der Waals surface area contributed by atoms with Crippen LogP contribution in [0, 0.1) is 0 Å². The number of benzene rings is 1. The monoisotopic (exact) mass is 324 g/mol. The average Bonchev–Trinajstić information content (AvgIpc) is 3.29. The van der Waals surface area contributed by atoms with Crippen molar-refractivity contribution in [2.45, 2.75) is 12.8 Å². The molecule has 0 spiro atoms. The van der Waals surface area contributed by atoms with Crippen LogP contribution < -0.4 is 4.90 Å². The average molecular weight is 324 g/mol. The zero-order valence-electron chi connectivity index (χ0n) is 12.6. The van der Waals surface area contributed by atoms with E-state index in [4.69, 9.17) is 0 Å². The summed E-state index contributed by atoms with van der Waals surface area (Å²) in [4.78, 5) is 30.3. The SMILES string of the molecule is O=C1C(c2cccs2)=C(N2CCCC2)C(=O)N1c1ccccc1. The lowest BCUT2D eigenvalue weighted by Crippen LogP contribution is -2.34. The molecule has 2 aliphatic rings. The lowest BCUT2D eigenvalue weighted by atomic mass is 10.2. The molecule has 5 heteroatoms. The summed E-state index contributed by atoms with van der Waals surface area (Å²) in [7, 11) is 0. The van der Waals surface area contributed by atoms with Gasteiger partial charge in [0.25, 0.3) is 11.8 Å². The first kappa shape index (κ1) is 14.2. The molecule has 4 rings (SSSR count). The van der Waals surface area contributed by atoms with Crippen molar-refractivity contribution >= 4 is 34.4 Å². The van der Waals surface area contributed by atoms with Gasteiger partial charge in [0, 0.05) is 18.0 Å². The van der Waals surface area contributed by atoms with Crippen molar-refractivity contribution in [1.82, 2.24) is 4.90 Å². The van der Waals surface area contributed by atoms with Crippen molar-refractivity contribution in [2.75, 3.05) is 18.0 Å². The number of anilines is 1. The van der Waals surface area contributed by atoms with Crippen LogP contribution in [0.2, 0.25) is 0 Å². The van der Waals surface area contributed by atoms with E-state index in [0.29, 0.717) is 17.0 Å². The first-order chi connectivity index (χ1) is 11.3. The Bertz CT molecular complexity index is 775. The molecule has 0 aliphatic carbocycles. The highest BCUT2D eigenvalue weighted by Crippen LogP contribution is 2.37. The van der Waals surface area contributed by atoms with Gasteiger partial charge in [0.2, 0.25) is 0 Å². The van der Waals surface area contributed by atoms with Gasteiger partial charge >= 0.3 is 0 Å². The number of likely N-dealkylation sites (tertiary alicyclic amines) is 1. The quantitative estimate of drug-likeness (QED) is 0.815. The Morgan fingerprint density at radius 2 is 1.61 bits per heavy atom. The van der Waals surface area contributed by atoms with Crippen LogP contribution in [0.5, 0.6) is 0 Å². The highest BCUT2D eigenvalue weighted by Gasteiger charge is 2.43. The standard InChI is InChI=1S/C18H16N2O2S/c21-17-15(14-9-6-12-23-14)16(19-10-4-5-11-19)18(22)20(17)13-7-2-1-3-8-13/h1-3,6-9,12H,4-5,10-11H2. The Labute approximate surface area is 138 Å². The summed E-state index contributed by atoms with van der Waals surface area (Å²) in [5.74, 6) is -0.419. The third-order valence-corrected chi connectivity index (χ3v) is 5.15. The number of hydrogen-bond donors (Lipinski definition) is 0. The molecule has 0 unspecified atom stereocenters. The van der Waals surface area contributed by atoms with Gasteiger partial charge in [0.1, 0.15) is 5.70 Å². The molecule has 1 fully saturated rings. The number of carbonyl (C=O) groups is 2. The van der Waals surface area contributed by atoms with E-state index in [1.54, 1.807) is 12.1 Å². The minimum absolute atomic E-state index is 0.202. The second-order valence-electron chi connectivity index (χ2n) is 5.68. The Morgan fingerprint density at radius 1 is 0.870 bits per heavy atom.